The van der Waals surface area contributed by atoms with Crippen LogP contribution in [0.5, 0.6) is 11.6 Å². The van der Waals surface area contributed by atoms with Crippen molar-refractivity contribution in [3.05, 3.63) is 78.2 Å². The Kier molecular flexibility index (Phi) is 6.08. The number of sulfonamides is 1. The lowest BCUT2D eigenvalue weighted by Crippen LogP contribution is -2.23. The number of amides is 1. The van der Waals surface area contributed by atoms with E-state index in [9.17, 15) is 17.6 Å². The Bertz CT molecular complexity index is 1120. The number of halogens is 1. The van der Waals surface area contributed by atoms with Crippen LogP contribution in [0.3, 0.4) is 0 Å². The molecule has 1 heterocycles. The highest BCUT2D eigenvalue weighted by Crippen LogP contribution is 2.26. The molecule has 0 aliphatic rings. The van der Waals surface area contributed by atoms with E-state index in [2.05, 4.69) is 15.0 Å². The molecule has 0 fully saturated rings. The van der Waals surface area contributed by atoms with Crippen molar-refractivity contribution in [2.45, 2.75) is 11.8 Å². The fraction of sp³-hybridized carbons (Fsp3) is 0.100. The summed E-state index contributed by atoms with van der Waals surface area (Å²) in [4.78, 5) is 16.1. The van der Waals surface area contributed by atoms with Gasteiger partial charge in [-0.1, -0.05) is 6.07 Å². The van der Waals surface area contributed by atoms with E-state index >= 15 is 0 Å². The van der Waals surface area contributed by atoms with Crippen LogP contribution in [0.1, 0.15) is 17.3 Å². The third-order valence-electron chi connectivity index (χ3n) is 3.78. The van der Waals surface area contributed by atoms with Crippen LogP contribution in [-0.4, -0.2) is 25.9 Å². The lowest BCUT2D eigenvalue weighted by atomic mass is 10.2. The highest BCUT2D eigenvalue weighted by molar-refractivity contribution is 7.92. The summed E-state index contributed by atoms with van der Waals surface area (Å²) in [6.45, 7) is 2.25. The van der Waals surface area contributed by atoms with Gasteiger partial charge < -0.3 is 10.1 Å². The lowest BCUT2D eigenvalue weighted by Gasteiger charge is -2.12. The predicted molar refractivity (Wildman–Crippen MR) is 106 cm³/mol. The van der Waals surface area contributed by atoms with Gasteiger partial charge >= 0.3 is 0 Å². The van der Waals surface area contributed by atoms with E-state index in [1.54, 1.807) is 31.2 Å². The lowest BCUT2D eigenvalue weighted by molar-refractivity contribution is 0.0953. The van der Waals surface area contributed by atoms with Gasteiger partial charge in [0.05, 0.1) is 10.6 Å². The second-order valence-electron chi connectivity index (χ2n) is 5.90. The number of nitrogens with zero attached hydrogens (tertiary/aromatic N) is 1. The minimum absolute atomic E-state index is 0.0755. The summed E-state index contributed by atoms with van der Waals surface area (Å²) >= 11 is 0. The number of pyridine rings is 1. The molecule has 0 saturated carbocycles. The van der Waals surface area contributed by atoms with E-state index in [0.29, 0.717) is 6.54 Å². The quantitative estimate of drug-likeness (QED) is 0.615. The van der Waals surface area contributed by atoms with Crippen LogP contribution in [0.15, 0.2) is 71.8 Å². The number of aromatic nitrogens is 1. The number of benzene rings is 2. The first-order valence-electron chi connectivity index (χ1n) is 8.68. The summed E-state index contributed by atoms with van der Waals surface area (Å²) < 4.78 is 46.1. The fourth-order valence-electron chi connectivity index (χ4n) is 2.46. The van der Waals surface area contributed by atoms with E-state index in [4.69, 9.17) is 4.74 Å². The number of rotatable bonds is 7. The maximum absolute atomic E-state index is 13.0. The number of carbonyl (C=O) groups excluding carboxylic acids is 1. The van der Waals surface area contributed by atoms with Gasteiger partial charge in [0.1, 0.15) is 17.1 Å². The molecule has 2 aromatic carbocycles. The molecule has 1 aromatic heterocycles. The molecule has 0 spiro atoms. The van der Waals surface area contributed by atoms with Crippen LogP contribution in [0.4, 0.5) is 10.1 Å². The van der Waals surface area contributed by atoms with Gasteiger partial charge in [-0.25, -0.2) is 17.8 Å². The minimum atomic E-state index is -3.90. The third-order valence-corrected chi connectivity index (χ3v) is 5.18. The molecule has 2 N–H and O–H groups in total. The van der Waals surface area contributed by atoms with Crippen LogP contribution in [0, 0.1) is 5.82 Å². The van der Waals surface area contributed by atoms with Crippen molar-refractivity contribution in [3.63, 3.8) is 0 Å². The highest BCUT2D eigenvalue weighted by Gasteiger charge is 2.16. The molecule has 0 radical (unpaired) electrons. The predicted octanol–water partition coefficient (Wildman–Crippen LogP) is 3.56. The molecular formula is C20H18FN3O4S. The monoisotopic (exact) mass is 415 g/mol. The van der Waals surface area contributed by atoms with Crippen molar-refractivity contribution in [1.82, 2.24) is 10.3 Å². The molecule has 3 aromatic rings. The van der Waals surface area contributed by atoms with E-state index in [1.807, 2.05) is 0 Å². The molecule has 0 aliphatic carbocycles. The van der Waals surface area contributed by atoms with Crippen LogP contribution in [-0.2, 0) is 10.0 Å². The minimum Gasteiger partial charge on any atom is -0.438 e. The largest absolute Gasteiger partial charge is 0.438 e. The molecule has 0 aliphatic heterocycles. The smallest absolute Gasteiger partial charge is 0.261 e. The molecular weight excluding hydrogens is 397 g/mol. The number of nitrogens with one attached hydrogen (secondary N) is 2. The van der Waals surface area contributed by atoms with Crippen LogP contribution < -0.4 is 14.8 Å². The Morgan fingerprint density at radius 1 is 1.10 bits per heavy atom. The van der Waals surface area contributed by atoms with Gasteiger partial charge in [0.2, 0.25) is 5.88 Å². The number of ether oxygens (including phenoxy) is 1. The Morgan fingerprint density at radius 2 is 1.86 bits per heavy atom. The molecule has 7 nitrogen and oxygen atoms in total. The molecule has 150 valence electrons. The van der Waals surface area contributed by atoms with Gasteiger partial charge in [-0.2, -0.15) is 0 Å². The van der Waals surface area contributed by atoms with Crippen LogP contribution in [0.25, 0.3) is 0 Å². The van der Waals surface area contributed by atoms with Crippen molar-refractivity contribution >= 4 is 21.6 Å². The van der Waals surface area contributed by atoms with Gasteiger partial charge in [0, 0.05) is 18.8 Å². The van der Waals surface area contributed by atoms with Crippen molar-refractivity contribution in [2.75, 3.05) is 11.3 Å². The van der Waals surface area contributed by atoms with Crippen molar-refractivity contribution < 1.29 is 22.3 Å². The molecule has 0 saturated heterocycles. The molecule has 0 atom stereocenters. The van der Waals surface area contributed by atoms with Gasteiger partial charge in [0.25, 0.3) is 15.9 Å². The van der Waals surface area contributed by atoms with Crippen molar-refractivity contribution in [1.29, 1.82) is 0 Å². The molecule has 0 bridgehead atoms. The van der Waals surface area contributed by atoms with Crippen molar-refractivity contribution in [2.24, 2.45) is 0 Å². The molecule has 9 heteroatoms. The summed E-state index contributed by atoms with van der Waals surface area (Å²) in [7, 11) is -3.90. The standard InChI is InChI=1S/C20H18FN3O4S/c1-2-22-19(25)18-7-4-12-23-20(18)28-16-6-3-5-15(13-16)24-29(26,27)17-10-8-14(21)9-11-17/h3-13,24H,2H2,1H3,(H,22,25). The zero-order valence-corrected chi connectivity index (χ0v) is 16.2. The van der Waals surface area contributed by atoms with Crippen LogP contribution in [0.2, 0.25) is 0 Å². The maximum Gasteiger partial charge on any atom is 0.261 e. The van der Waals surface area contributed by atoms with E-state index in [-0.39, 0.29) is 33.7 Å². The van der Waals surface area contributed by atoms with Gasteiger partial charge in [0.15, 0.2) is 0 Å². The SMILES string of the molecule is CCNC(=O)c1cccnc1Oc1cccc(NS(=O)(=O)c2ccc(F)cc2)c1. The molecule has 3 rings (SSSR count). The van der Waals surface area contributed by atoms with E-state index in [0.717, 1.165) is 12.1 Å². The number of carbonyl (C=O) groups is 1. The van der Waals surface area contributed by atoms with Crippen LogP contribution >= 0.6 is 0 Å². The summed E-state index contributed by atoms with van der Waals surface area (Å²) in [5, 5.41) is 2.68. The Balaban J connectivity index is 1.82. The van der Waals surface area contributed by atoms with E-state index in [1.165, 1.54) is 30.5 Å². The zero-order chi connectivity index (χ0) is 20.9. The zero-order valence-electron chi connectivity index (χ0n) is 15.4. The molecule has 0 unspecified atom stereocenters. The first-order chi connectivity index (χ1) is 13.9. The highest BCUT2D eigenvalue weighted by atomic mass is 32.2. The third kappa shape index (κ3) is 5.08. The normalized spacial score (nSPS) is 11.0. The second kappa shape index (κ2) is 8.70. The summed E-state index contributed by atoms with van der Waals surface area (Å²) in [6.07, 6.45) is 1.49. The maximum atomic E-state index is 13.0. The average molecular weight is 415 g/mol. The Hall–Kier alpha value is -3.46. The van der Waals surface area contributed by atoms with Crippen molar-refractivity contribution in [3.8, 4) is 11.6 Å². The van der Waals surface area contributed by atoms with Gasteiger partial charge in [-0.05, 0) is 55.5 Å². The number of anilines is 1. The van der Waals surface area contributed by atoms with E-state index < -0.39 is 15.8 Å². The molecule has 1 amide bonds. The Morgan fingerprint density at radius 3 is 2.59 bits per heavy atom. The number of hydrogen-bond donors (Lipinski definition) is 2. The first kappa shape index (κ1) is 20.3. The molecule has 29 heavy (non-hydrogen) atoms. The van der Waals surface area contributed by atoms with Gasteiger partial charge in [-0.15, -0.1) is 0 Å². The second-order valence-corrected chi connectivity index (χ2v) is 7.59. The fourth-order valence-corrected chi connectivity index (χ4v) is 3.51. The Labute approximate surface area is 167 Å². The average Bonchev–Trinajstić information content (AvgIpc) is 2.69. The summed E-state index contributed by atoms with van der Waals surface area (Å²) in [5.74, 6) is -0.480. The number of hydrogen-bond acceptors (Lipinski definition) is 5. The summed E-state index contributed by atoms with van der Waals surface area (Å²) in [6, 6.07) is 13.9. The topological polar surface area (TPSA) is 97.4 Å². The summed E-state index contributed by atoms with van der Waals surface area (Å²) in [5.41, 5.74) is 0.494. The van der Waals surface area contributed by atoms with Gasteiger partial charge in [-0.3, -0.25) is 9.52 Å². The first-order valence-corrected chi connectivity index (χ1v) is 10.2.